The van der Waals surface area contributed by atoms with Gasteiger partial charge in [-0.15, -0.1) is 0 Å². The van der Waals surface area contributed by atoms with Crippen LogP contribution in [-0.4, -0.2) is 44.5 Å². The molecule has 0 aliphatic rings. The molecule has 29 heavy (non-hydrogen) atoms. The molecule has 0 amide bonds. The molecule has 0 spiro atoms. The Balaban J connectivity index is 1.83. The molecule has 0 saturated carbocycles. The highest BCUT2D eigenvalue weighted by Crippen LogP contribution is 2.27. The zero-order chi connectivity index (χ0) is 21.3. The van der Waals surface area contributed by atoms with Gasteiger partial charge in [-0.2, -0.15) is 13.2 Å². The first-order valence-electron chi connectivity index (χ1n) is 8.70. The van der Waals surface area contributed by atoms with Crippen LogP contribution in [0.25, 0.3) is 0 Å². The van der Waals surface area contributed by atoms with Crippen LogP contribution in [0, 0.1) is 0 Å². The average molecular weight is 412 g/mol. The second kappa shape index (κ2) is 10.4. The van der Waals surface area contributed by atoms with Crippen molar-refractivity contribution in [2.24, 2.45) is 10.7 Å². The van der Waals surface area contributed by atoms with Crippen LogP contribution in [-0.2, 0) is 13.0 Å². The number of methoxy groups -OCH3 is 2. The summed E-state index contributed by atoms with van der Waals surface area (Å²) in [6.07, 6.45) is -2.38. The van der Waals surface area contributed by atoms with E-state index in [0.717, 1.165) is 5.56 Å². The third kappa shape index (κ3) is 7.76. The summed E-state index contributed by atoms with van der Waals surface area (Å²) >= 11 is 0. The molecule has 0 aliphatic heterocycles. The molecule has 0 saturated heterocycles. The van der Waals surface area contributed by atoms with Gasteiger partial charge >= 0.3 is 6.18 Å². The number of halogens is 3. The number of nitrogens with two attached hydrogens (primary N) is 1. The number of aromatic nitrogens is 1. The zero-order valence-electron chi connectivity index (χ0n) is 16.1. The van der Waals surface area contributed by atoms with Crippen LogP contribution in [0.15, 0.2) is 41.5 Å². The Bertz CT molecular complexity index is 829. The van der Waals surface area contributed by atoms with E-state index < -0.39 is 12.8 Å². The van der Waals surface area contributed by atoms with Crippen molar-refractivity contribution in [2.75, 3.05) is 27.4 Å². The van der Waals surface area contributed by atoms with Crippen molar-refractivity contribution in [3.05, 3.63) is 47.7 Å². The second-order valence-corrected chi connectivity index (χ2v) is 5.97. The minimum atomic E-state index is -4.42. The van der Waals surface area contributed by atoms with Crippen LogP contribution in [0.1, 0.15) is 11.1 Å². The number of hydrogen-bond acceptors (Lipinski definition) is 5. The third-order valence-electron chi connectivity index (χ3n) is 3.78. The molecular formula is C19H23F3N4O3. The molecule has 1 aromatic heterocycles. The van der Waals surface area contributed by atoms with Crippen molar-refractivity contribution in [1.82, 2.24) is 10.3 Å². The van der Waals surface area contributed by atoms with Crippen LogP contribution in [0.4, 0.5) is 13.2 Å². The number of nitrogens with zero attached hydrogens (tertiary/aromatic N) is 2. The summed E-state index contributed by atoms with van der Waals surface area (Å²) in [6.45, 7) is -0.673. The summed E-state index contributed by atoms with van der Waals surface area (Å²) in [5.41, 5.74) is 7.50. The highest BCUT2D eigenvalue weighted by atomic mass is 19.4. The Morgan fingerprint density at radius 3 is 2.55 bits per heavy atom. The summed E-state index contributed by atoms with van der Waals surface area (Å²) in [5, 5.41) is 2.99. The molecule has 0 bridgehead atoms. The molecule has 10 heteroatoms. The van der Waals surface area contributed by atoms with E-state index in [2.05, 4.69) is 20.0 Å². The van der Waals surface area contributed by atoms with Gasteiger partial charge in [0, 0.05) is 18.8 Å². The van der Waals surface area contributed by atoms with Gasteiger partial charge in [0.2, 0.25) is 5.88 Å². The molecular weight excluding hydrogens is 389 g/mol. The number of nitrogens with one attached hydrogen (secondary N) is 1. The molecule has 2 rings (SSSR count). The molecule has 0 fully saturated rings. The fraction of sp³-hybridized carbons (Fsp3) is 0.368. The molecule has 0 aliphatic carbocycles. The molecule has 0 atom stereocenters. The van der Waals surface area contributed by atoms with Gasteiger partial charge < -0.3 is 25.3 Å². The first-order chi connectivity index (χ1) is 13.8. The number of rotatable bonds is 9. The summed E-state index contributed by atoms with van der Waals surface area (Å²) in [5.74, 6) is 1.41. The van der Waals surface area contributed by atoms with Crippen molar-refractivity contribution in [1.29, 1.82) is 0 Å². The van der Waals surface area contributed by atoms with Crippen molar-refractivity contribution in [3.63, 3.8) is 0 Å². The van der Waals surface area contributed by atoms with E-state index in [4.69, 9.17) is 15.2 Å². The van der Waals surface area contributed by atoms with Crippen molar-refractivity contribution >= 4 is 5.96 Å². The summed E-state index contributed by atoms with van der Waals surface area (Å²) in [4.78, 5) is 7.91. The number of pyridine rings is 1. The predicted molar refractivity (Wildman–Crippen MR) is 102 cm³/mol. The highest BCUT2D eigenvalue weighted by molar-refractivity contribution is 5.77. The van der Waals surface area contributed by atoms with Gasteiger partial charge in [-0.25, -0.2) is 9.98 Å². The Hall–Kier alpha value is -3.17. The van der Waals surface area contributed by atoms with Gasteiger partial charge in [-0.1, -0.05) is 6.07 Å². The van der Waals surface area contributed by atoms with Gasteiger partial charge in [0.25, 0.3) is 0 Å². The van der Waals surface area contributed by atoms with Gasteiger partial charge in [-0.3, -0.25) is 0 Å². The van der Waals surface area contributed by atoms with Crippen LogP contribution in [0.3, 0.4) is 0 Å². The van der Waals surface area contributed by atoms with Crippen LogP contribution in [0.2, 0.25) is 0 Å². The van der Waals surface area contributed by atoms with E-state index in [1.165, 1.54) is 12.3 Å². The molecule has 1 aromatic carbocycles. The minimum Gasteiger partial charge on any atom is -0.493 e. The van der Waals surface area contributed by atoms with Crippen LogP contribution >= 0.6 is 0 Å². The number of alkyl halides is 3. The van der Waals surface area contributed by atoms with Crippen LogP contribution in [0.5, 0.6) is 17.4 Å². The third-order valence-corrected chi connectivity index (χ3v) is 3.78. The zero-order valence-corrected chi connectivity index (χ0v) is 16.1. The number of benzene rings is 1. The maximum Gasteiger partial charge on any atom is 0.422 e. The quantitative estimate of drug-likeness (QED) is 0.486. The largest absolute Gasteiger partial charge is 0.493 e. The lowest BCUT2D eigenvalue weighted by molar-refractivity contribution is -0.154. The molecule has 0 radical (unpaired) electrons. The lowest BCUT2D eigenvalue weighted by Gasteiger charge is -2.10. The lowest BCUT2D eigenvalue weighted by atomic mass is 10.1. The highest BCUT2D eigenvalue weighted by Gasteiger charge is 2.28. The normalized spacial score (nSPS) is 11.8. The Morgan fingerprint density at radius 1 is 1.10 bits per heavy atom. The first kappa shape index (κ1) is 22.1. The van der Waals surface area contributed by atoms with E-state index in [1.54, 1.807) is 20.3 Å². The predicted octanol–water partition coefficient (Wildman–Crippen LogP) is 2.69. The van der Waals surface area contributed by atoms with E-state index >= 15 is 0 Å². The fourth-order valence-corrected chi connectivity index (χ4v) is 2.39. The number of ether oxygens (including phenoxy) is 3. The van der Waals surface area contributed by atoms with E-state index in [1.807, 2.05) is 18.2 Å². The van der Waals surface area contributed by atoms with Crippen LogP contribution < -0.4 is 25.3 Å². The van der Waals surface area contributed by atoms with Gasteiger partial charge in [-0.05, 0) is 35.7 Å². The van der Waals surface area contributed by atoms with Gasteiger partial charge in [0.15, 0.2) is 24.1 Å². The standard InChI is InChI=1S/C19H23F3N4O3/c1-27-15-4-3-13(9-16(15)28-2)5-8-25-18(23)26-11-14-6-7-24-17(10-14)29-12-19(20,21)22/h3-4,6-7,9-10H,5,8,11-12H2,1-2H3,(H3,23,25,26). The number of aliphatic imine (C=N–C) groups is 1. The van der Waals surface area contributed by atoms with Gasteiger partial charge in [0.05, 0.1) is 20.8 Å². The summed E-state index contributed by atoms with van der Waals surface area (Å²) in [7, 11) is 3.15. The van der Waals surface area contributed by atoms with Gasteiger partial charge in [0.1, 0.15) is 0 Å². The molecule has 1 heterocycles. The smallest absolute Gasteiger partial charge is 0.422 e. The topological polar surface area (TPSA) is 91.0 Å². The molecule has 2 aromatic rings. The van der Waals surface area contributed by atoms with Crippen molar-refractivity contribution in [2.45, 2.75) is 19.1 Å². The first-order valence-corrected chi connectivity index (χ1v) is 8.70. The molecule has 158 valence electrons. The lowest BCUT2D eigenvalue weighted by Crippen LogP contribution is -2.33. The van der Waals surface area contributed by atoms with E-state index in [9.17, 15) is 13.2 Å². The Labute approximate surface area is 166 Å². The number of guanidine groups is 1. The minimum absolute atomic E-state index is 0.116. The van der Waals surface area contributed by atoms with E-state index in [0.29, 0.717) is 30.0 Å². The average Bonchev–Trinajstić information content (AvgIpc) is 2.70. The van der Waals surface area contributed by atoms with Crippen molar-refractivity contribution in [3.8, 4) is 17.4 Å². The maximum absolute atomic E-state index is 12.2. The Kier molecular flexibility index (Phi) is 7.93. The molecule has 7 nitrogen and oxygen atoms in total. The fourth-order valence-electron chi connectivity index (χ4n) is 2.39. The summed E-state index contributed by atoms with van der Waals surface area (Å²) in [6, 6.07) is 8.66. The Morgan fingerprint density at radius 2 is 1.86 bits per heavy atom. The summed E-state index contributed by atoms with van der Waals surface area (Å²) < 4.78 is 51.7. The molecule has 3 N–H and O–H groups in total. The van der Waals surface area contributed by atoms with E-state index in [-0.39, 0.29) is 18.4 Å². The number of hydrogen-bond donors (Lipinski definition) is 2. The molecule has 0 unspecified atom stereocenters. The maximum atomic E-state index is 12.2. The van der Waals surface area contributed by atoms with Crippen molar-refractivity contribution < 1.29 is 27.4 Å². The monoisotopic (exact) mass is 412 g/mol. The SMILES string of the molecule is COc1ccc(CCNC(N)=NCc2ccnc(OCC(F)(F)F)c2)cc1OC. The second-order valence-electron chi connectivity index (χ2n) is 5.97.